The standard InChI is InChI=1S/C17H13F3O5/c18-12-5-10-7-22-9-24-15(10)11(6-12)8-23-16(21)13-3-1-2-4-14(13)25-17(19)20/h1-6,17H,7-9H2. The summed E-state index contributed by atoms with van der Waals surface area (Å²) in [7, 11) is 0. The quantitative estimate of drug-likeness (QED) is 0.767. The second-order valence-electron chi connectivity index (χ2n) is 5.11. The second kappa shape index (κ2) is 7.43. The molecule has 1 heterocycles. The van der Waals surface area contributed by atoms with Gasteiger partial charge in [0.15, 0.2) is 6.79 Å². The van der Waals surface area contributed by atoms with Crippen LogP contribution in [0.1, 0.15) is 21.5 Å². The fourth-order valence-electron chi connectivity index (χ4n) is 2.42. The predicted octanol–water partition coefficient (Wildman–Crippen LogP) is 3.65. The lowest BCUT2D eigenvalue weighted by molar-refractivity contribution is -0.0505. The number of hydrogen-bond donors (Lipinski definition) is 0. The van der Waals surface area contributed by atoms with Gasteiger partial charge in [-0.3, -0.25) is 0 Å². The van der Waals surface area contributed by atoms with E-state index in [1.54, 1.807) is 0 Å². The Morgan fingerprint density at radius 3 is 2.84 bits per heavy atom. The molecule has 0 N–H and O–H groups in total. The van der Waals surface area contributed by atoms with Crippen molar-refractivity contribution in [1.82, 2.24) is 0 Å². The Bertz CT molecular complexity index is 779. The SMILES string of the molecule is O=C(OCc1cc(F)cc2c1OCOC2)c1ccccc1OC(F)F. The van der Waals surface area contributed by atoms with Gasteiger partial charge in [-0.2, -0.15) is 8.78 Å². The highest BCUT2D eigenvalue weighted by atomic mass is 19.3. The van der Waals surface area contributed by atoms with Gasteiger partial charge in [-0.15, -0.1) is 0 Å². The minimum Gasteiger partial charge on any atom is -0.467 e. The average molecular weight is 354 g/mol. The Morgan fingerprint density at radius 1 is 1.24 bits per heavy atom. The van der Waals surface area contributed by atoms with Gasteiger partial charge in [-0.05, 0) is 24.3 Å². The van der Waals surface area contributed by atoms with E-state index in [-0.39, 0.29) is 31.3 Å². The number of carbonyl (C=O) groups is 1. The fraction of sp³-hybridized carbons (Fsp3) is 0.235. The molecule has 25 heavy (non-hydrogen) atoms. The third-order valence-electron chi connectivity index (χ3n) is 3.43. The van der Waals surface area contributed by atoms with E-state index >= 15 is 0 Å². The van der Waals surface area contributed by atoms with Gasteiger partial charge >= 0.3 is 12.6 Å². The Hall–Kier alpha value is -2.74. The van der Waals surface area contributed by atoms with Crippen LogP contribution >= 0.6 is 0 Å². The Morgan fingerprint density at radius 2 is 2.04 bits per heavy atom. The third kappa shape index (κ3) is 4.03. The molecule has 0 fully saturated rings. The first-order valence-corrected chi connectivity index (χ1v) is 7.27. The van der Waals surface area contributed by atoms with E-state index in [0.717, 1.165) is 0 Å². The zero-order valence-corrected chi connectivity index (χ0v) is 12.8. The van der Waals surface area contributed by atoms with Crippen molar-refractivity contribution in [2.75, 3.05) is 6.79 Å². The summed E-state index contributed by atoms with van der Waals surface area (Å²) in [5.74, 6) is -1.31. The lowest BCUT2D eigenvalue weighted by atomic mass is 10.1. The van der Waals surface area contributed by atoms with Crippen LogP contribution in [0.25, 0.3) is 0 Å². The minimum absolute atomic E-state index is 0.00460. The van der Waals surface area contributed by atoms with E-state index < -0.39 is 18.4 Å². The third-order valence-corrected chi connectivity index (χ3v) is 3.43. The van der Waals surface area contributed by atoms with Crippen molar-refractivity contribution in [2.24, 2.45) is 0 Å². The molecule has 0 spiro atoms. The van der Waals surface area contributed by atoms with Gasteiger partial charge in [0, 0.05) is 11.1 Å². The van der Waals surface area contributed by atoms with Crippen LogP contribution in [0.4, 0.5) is 13.2 Å². The molecule has 5 nitrogen and oxygen atoms in total. The molecule has 0 aliphatic carbocycles. The van der Waals surface area contributed by atoms with Gasteiger partial charge in [0.1, 0.15) is 29.5 Å². The Kier molecular flexibility index (Phi) is 5.08. The van der Waals surface area contributed by atoms with Crippen LogP contribution < -0.4 is 9.47 Å². The zero-order valence-electron chi connectivity index (χ0n) is 12.8. The van der Waals surface area contributed by atoms with E-state index in [1.165, 1.54) is 36.4 Å². The smallest absolute Gasteiger partial charge is 0.387 e. The molecule has 0 amide bonds. The van der Waals surface area contributed by atoms with Gasteiger partial charge in [0.25, 0.3) is 0 Å². The van der Waals surface area contributed by atoms with Gasteiger partial charge in [0.2, 0.25) is 0 Å². The van der Waals surface area contributed by atoms with E-state index in [9.17, 15) is 18.0 Å². The molecule has 0 radical (unpaired) electrons. The first-order valence-electron chi connectivity index (χ1n) is 7.27. The first kappa shape index (κ1) is 17.1. The summed E-state index contributed by atoms with van der Waals surface area (Å²) in [6.07, 6.45) is 0. The summed E-state index contributed by atoms with van der Waals surface area (Å²) in [5, 5.41) is 0. The summed E-state index contributed by atoms with van der Waals surface area (Å²) in [6.45, 7) is -3.18. The van der Waals surface area contributed by atoms with Gasteiger partial charge in [-0.1, -0.05) is 12.1 Å². The zero-order chi connectivity index (χ0) is 17.8. The van der Waals surface area contributed by atoms with Crippen molar-refractivity contribution in [3.63, 3.8) is 0 Å². The molecular formula is C17H13F3O5. The highest BCUT2D eigenvalue weighted by Gasteiger charge is 2.20. The number of hydrogen-bond acceptors (Lipinski definition) is 5. The molecule has 1 aliphatic heterocycles. The molecule has 0 saturated heterocycles. The predicted molar refractivity (Wildman–Crippen MR) is 78.9 cm³/mol. The van der Waals surface area contributed by atoms with Crippen LogP contribution in [0.3, 0.4) is 0 Å². The number of fused-ring (bicyclic) bond motifs is 1. The molecule has 0 atom stereocenters. The van der Waals surface area contributed by atoms with Crippen LogP contribution in [0.5, 0.6) is 11.5 Å². The molecular weight excluding hydrogens is 341 g/mol. The van der Waals surface area contributed by atoms with Crippen LogP contribution in [-0.4, -0.2) is 19.4 Å². The average Bonchev–Trinajstić information content (AvgIpc) is 2.59. The Balaban J connectivity index is 1.76. The molecule has 0 bridgehead atoms. The molecule has 0 aromatic heterocycles. The molecule has 3 rings (SSSR count). The lowest BCUT2D eigenvalue weighted by Crippen LogP contribution is -2.15. The highest BCUT2D eigenvalue weighted by Crippen LogP contribution is 2.30. The summed E-state index contributed by atoms with van der Waals surface area (Å²) in [4.78, 5) is 12.2. The number of esters is 1. The summed E-state index contributed by atoms with van der Waals surface area (Å²) in [6, 6.07) is 7.91. The molecule has 0 unspecified atom stereocenters. The first-order chi connectivity index (χ1) is 12.0. The molecule has 0 saturated carbocycles. The van der Waals surface area contributed by atoms with Crippen molar-refractivity contribution in [1.29, 1.82) is 0 Å². The van der Waals surface area contributed by atoms with E-state index in [1.807, 2.05) is 0 Å². The number of benzene rings is 2. The molecule has 1 aliphatic rings. The maximum Gasteiger partial charge on any atom is 0.387 e. The van der Waals surface area contributed by atoms with Crippen LogP contribution in [-0.2, 0) is 22.7 Å². The van der Waals surface area contributed by atoms with Crippen LogP contribution in [0.15, 0.2) is 36.4 Å². The van der Waals surface area contributed by atoms with E-state index in [2.05, 4.69) is 4.74 Å². The molecule has 2 aromatic rings. The highest BCUT2D eigenvalue weighted by molar-refractivity contribution is 5.92. The van der Waals surface area contributed by atoms with Crippen LogP contribution in [0.2, 0.25) is 0 Å². The van der Waals surface area contributed by atoms with Crippen molar-refractivity contribution >= 4 is 5.97 Å². The lowest BCUT2D eigenvalue weighted by Gasteiger charge is -2.20. The van der Waals surface area contributed by atoms with E-state index in [0.29, 0.717) is 16.9 Å². The van der Waals surface area contributed by atoms with Crippen molar-refractivity contribution in [3.05, 3.63) is 58.9 Å². The molecule has 132 valence electrons. The summed E-state index contributed by atoms with van der Waals surface area (Å²) >= 11 is 0. The fourth-order valence-corrected chi connectivity index (χ4v) is 2.42. The maximum atomic E-state index is 13.7. The monoisotopic (exact) mass is 354 g/mol. The van der Waals surface area contributed by atoms with Crippen LogP contribution in [0, 0.1) is 5.82 Å². The summed E-state index contributed by atoms with van der Waals surface area (Å²) < 4.78 is 58.2. The topological polar surface area (TPSA) is 54.0 Å². The number of ether oxygens (including phenoxy) is 4. The minimum atomic E-state index is -3.07. The van der Waals surface area contributed by atoms with E-state index in [4.69, 9.17) is 14.2 Å². The Labute approximate surface area is 140 Å². The summed E-state index contributed by atoms with van der Waals surface area (Å²) in [5.41, 5.74) is 0.662. The van der Waals surface area contributed by atoms with Gasteiger partial charge < -0.3 is 18.9 Å². The number of para-hydroxylation sites is 1. The molecule has 8 heteroatoms. The largest absolute Gasteiger partial charge is 0.467 e. The van der Waals surface area contributed by atoms with Crippen molar-refractivity contribution in [3.8, 4) is 11.5 Å². The van der Waals surface area contributed by atoms with Crippen molar-refractivity contribution in [2.45, 2.75) is 19.8 Å². The number of carbonyl (C=O) groups excluding carboxylic acids is 1. The molecule has 2 aromatic carbocycles. The maximum absolute atomic E-state index is 13.7. The van der Waals surface area contributed by atoms with Crippen molar-refractivity contribution < 1.29 is 36.9 Å². The normalized spacial score (nSPS) is 13.1. The number of rotatable bonds is 5. The second-order valence-corrected chi connectivity index (χ2v) is 5.11. The number of halogens is 3. The number of alkyl halides is 2. The van der Waals surface area contributed by atoms with Gasteiger partial charge in [0.05, 0.1) is 6.61 Å². The van der Waals surface area contributed by atoms with Gasteiger partial charge in [-0.25, -0.2) is 9.18 Å².